The van der Waals surface area contributed by atoms with E-state index in [1.807, 2.05) is 10.8 Å². The Bertz CT molecular complexity index is 966. The summed E-state index contributed by atoms with van der Waals surface area (Å²) in [5.74, 6) is -0.819. The van der Waals surface area contributed by atoms with Crippen molar-refractivity contribution in [2.24, 2.45) is 0 Å². The molecule has 27 heavy (non-hydrogen) atoms. The second-order valence-electron chi connectivity index (χ2n) is 6.72. The zero-order valence-electron chi connectivity index (χ0n) is 15.1. The van der Waals surface area contributed by atoms with Crippen LogP contribution in [0.1, 0.15) is 36.5 Å². The number of sulfonamides is 1. The summed E-state index contributed by atoms with van der Waals surface area (Å²) in [7, 11) is -3.87. The quantitative estimate of drug-likeness (QED) is 0.826. The Kier molecular flexibility index (Phi) is 5.60. The van der Waals surface area contributed by atoms with Gasteiger partial charge in [-0.15, -0.1) is 0 Å². The molecule has 6 nitrogen and oxygen atoms in total. The van der Waals surface area contributed by atoms with Crippen LogP contribution in [-0.4, -0.2) is 20.2 Å². The summed E-state index contributed by atoms with van der Waals surface area (Å²) >= 11 is 0. The molecule has 2 aromatic rings. The number of hydrogen-bond acceptors (Lipinski definition) is 4. The van der Waals surface area contributed by atoms with Crippen LogP contribution >= 0.6 is 0 Å². The molecular formula is C20H22N2O4S. The molecule has 7 heteroatoms. The maximum atomic E-state index is 12.3. The van der Waals surface area contributed by atoms with Gasteiger partial charge in [0.2, 0.25) is 11.8 Å². The summed E-state index contributed by atoms with van der Waals surface area (Å²) in [6.07, 6.45) is 4.85. The van der Waals surface area contributed by atoms with E-state index in [0.29, 0.717) is 5.69 Å². The molecule has 1 aliphatic carbocycles. The van der Waals surface area contributed by atoms with E-state index in [-0.39, 0.29) is 17.2 Å². The van der Waals surface area contributed by atoms with Crippen molar-refractivity contribution in [3.8, 4) is 0 Å². The van der Waals surface area contributed by atoms with Crippen molar-refractivity contribution >= 4 is 27.5 Å². The second kappa shape index (κ2) is 7.92. The maximum absolute atomic E-state index is 12.3. The van der Waals surface area contributed by atoms with Crippen molar-refractivity contribution in [3.63, 3.8) is 0 Å². The monoisotopic (exact) mass is 386 g/mol. The number of nitrogens with one attached hydrogen (secondary N) is 2. The molecule has 2 amide bonds. The lowest BCUT2D eigenvalue weighted by atomic mass is 9.90. The van der Waals surface area contributed by atoms with Gasteiger partial charge < -0.3 is 5.32 Å². The first-order chi connectivity index (χ1) is 12.8. The summed E-state index contributed by atoms with van der Waals surface area (Å²) in [5.41, 5.74) is 4.18. The number of amides is 2. The average molecular weight is 386 g/mol. The number of carbonyl (C=O) groups is 2. The van der Waals surface area contributed by atoms with Crippen molar-refractivity contribution in [2.75, 3.05) is 5.32 Å². The topological polar surface area (TPSA) is 92.3 Å². The summed E-state index contributed by atoms with van der Waals surface area (Å²) in [5, 5.41) is 2.77. The number of aryl methyl sites for hydroxylation is 2. The highest BCUT2D eigenvalue weighted by Gasteiger charge is 2.15. The fraction of sp³-hybridized carbons (Fsp3) is 0.300. The minimum absolute atomic E-state index is 0.0367. The van der Waals surface area contributed by atoms with Gasteiger partial charge in [0.15, 0.2) is 0 Å². The Labute approximate surface area is 159 Å². The molecule has 0 aliphatic heterocycles. The third kappa shape index (κ3) is 4.95. The Balaban J connectivity index is 1.63. The summed E-state index contributed by atoms with van der Waals surface area (Å²) in [4.78, 5) is 23.2. The van der Waals surface area contributed by atoms with Crippen LogP contribution in [0.2, 0.25) is 0 Å². The SMILES string of the molecule is CC(=O)NS(=O)(=O)c1ccc(NC(=O)Cc2ccc3c(c2)CCCC3)cc1. The van der Waals surface area contributed by atoms with Gasteiger partial charge in [0.1, 0.15) is 0 Å². The Morgan fingerprint density at radius 2 is 1.63 bits per heavy atom. The number of anilines is 1. The smallest absolute Gasteiger partial charge is 0.264 e. The first-order valence-electron chi connectivity index (χ1n) is 8.87. The van der Waals surface area contributed by atoms with Crippen LogP contribution in [0.4, 0.5) is 5.69 Å². The molecule has 1 aliphatic rings. The molecule has 0 atom stereocenters. The molecule has 0 bridgehead atoms. The lowest BCUT2D eigenvalue weighted by molar-refractivity contribution is -0.117. The van der Waals surface area contributed by atoms with Crippen molar-refractivity contribution in [1.82, 2.24) is 4.72 Å². The van der Waals surface area contributed by atoms with Gasteiger partial charge in [0.25, 0.3) is 10.0 Å². The molecule has 0 unspecified atom stereocenters. The van der Waals surface area contributed by atoms with Crippen LogP contribution in [0.5, 0.6) is 0 Å². The molecule has 0 heterocycles. The molecule has 142 valence electrons. The highest BCUT2D eigenvalue weighted by atomic mass is 32.2. The van der Waals surface area contributed by atoms with Crippen LogP contribution < -0.4 is 10.0 Å². The van der Waals surface area contributed by atoms with Crippen molar-refractivity contribution < 1.29 is 18.0 Å². The predicted octanol–water partition coefficient (Wildman–Crippen LogP) is 2.57. The number of hydrogen-bond donors (Lipinski definition) is 2. The van der Waals surface area contributed by atoms with Crippen molar-refractivity contribution in [3.05, 3.63) is 59.2 Å². The maximum Gasteiger partial charge on any atom is 0.264 e. The molecule has 0 aromatic heterocycles. The Morgan fingerprint density at radius 3 is 2.30 bits per heavy atom. The van der Waals surface area contributed by atoms with E-state index in [1.165, 1.54) is 48.2 Å². The van der Waals surface area contributed by atoms with E-state index in [1.54, 1.807) is 0 Å². The zero-order chi connectivity index (χ0) is 19.4. The summed E-state index contributed by atoms with van der Waals surface area (Å²) in [6.45, 7) is 1.13. The standard InChI is InChI=1S/C20H22N2O4S/c1-14(23)22-27(25,26)19-10-8-18(9-11-19)21-20(24)13-15-6-7-16-4-2-3-5-17(16)12-15/h6-12H,2-5,13H2,1H3,(H,21,24)(H,22,23). The fourth-order valence-electron chi connectivity index (χ4n) is 3.25. The normalized spacial score (nSPS) is 13.5. The van der Waals surface area contributed by atoms with Gasteiger partial charge in [-0.1, -0.05) is 18.2 Å². The molecule has 0 saturated heterocycles. The molecule has 2 N–H and O–H groups in total. The average Bonchev–Trinajstić information content (AvgIpc) is 2.61. The van der Waals surface area contributed by atoms with E-state index >= 15 is 0 Å². The van der Waals surface area contributed by atoms with Crippen LogP contribution in [0.3, 0.4) is 0 Å². The Morgan fingerprint density at radius 1 is 0.963 bits per heavy atom. The molecule has 2 aromatic carbocycles. The number of benzene rings is 2. The van der Waals surface area contributed by atoms with Gasteiger partial charge in [-0.3, -0.25) is 9.59 Å². The highest BCUT2D eigenvalue weighted by molar-refractivity contribution is 7.90. The van der Waals surface area contributed by atoms with Gasteiger partial charge in [-0.25, -0.2) is 13.1 Å². The van der Waals surface area contributed by atoms with E-state index in [2.05, 4.69) is 17.4 Å². The van der Waals surface area contributed by atoms with Gasteiger partial charge in [-0.05, 0) is 66.6 Å². The third-order valence-electron chi connectivity index (χ3n) is 4.50. The highest BCUT2D eigenvalue weighted by Crippen LogP contribution is 2.22. The van der Waals surface area contributed by atoms with E-state index in [9.17, 15) is 18.0 Å². The first kappa shape index (κ1) is 19.1. The van der Waals surface area contributed by atoms with Crippen molar-refractivity contribution in [1.29, 1.82) is 0 Å². The van der Waals surface area contributed by atoms with E-state index in [0.717, 1.165) is 25.3 Å². The lowest BCUT2D eigenvalue weighted by Gasteiger charge is -2.16. The first-order valence-corrected chi connectivity index (χ1v) is 10.4. The van der Waals surface area contributed by atoms with E-state index < -0.39 is 15.9 Å². The largest absolute Gasteiger partial charge is 0.326 e. The van der Waals surface area contributed by atoms with Crippen LogP contribution in [0, 0.1) is 0 Å². The van der Waals surface area contributed by atoms with Crippen LogP contribution in [-0.2, 0) is 38.9 Å². The molecule has 0 radical (unpaired) electrons. The summed E-state index contributed by atoms with van der Waals surface area (Å²) < 4.78 is 25.7. The number of fused-ring (bicyclic) bond motifs is 1. The third-order valence-corrected chi connectivity index (χ3v) is 5.95. The second-order valence-corrected chi connectivity index (χ2v) is 8.40. The van der Waals surface area contributed by atoms with Crippen LogP contribution in [0.15, 0.2) is 47.4 Å². The number of rotatable bonds is 5. The Hall–Kier alpha value is -2.67. The minimum Gasteiger partial charge on any atom is -0.326 e. The lowest BCUT2D eigenvalue weighted by Crippen LogP contribution is -2.28. The van der Waals surface area contributed by atoms with Gasteiger partial charge in [-0.2, -0.15) is 0 Å². The molecule has 0 fully saturated rings. The van der Waals surface area contributed by atoms with Crippen LogP contribution in [0.25, 0.3) is 0 Å². The number of carbonyl (C=O) groups excluding carboxylic acids is 2. The minimum atomic E-state index is -3.87. The summed E-state index contributed by atoms with van der Waals surface area (Å²) in [6, 6.07) is 11.9. The molecular weight excluding hydrogens is 364 g/mol. The van der Waals surface area contributed by atoms with Crippen molar-refractivity contribution in [2.45, 2.75) is 43.9 Å². The fourth-order valence-corrected chi connectivity index (χ4v) is 4.24. The van der Waals surface area contributed by atoms with E-state index in [4.69, 9.17) is 0 Å². The molecule has 3 rings (SSSR count). The van der Waals surface area contributed by atoms with Gasteiger partial charge in [0, 0.05) is 12.6 Å². The zero-order valence-corrected chi connectivity index (χ0v) is 15.9. The molecule has 0 saturated carbocycles. The van der Waals surface area contributed by atoms with Gasteiger partial charge in [0.05, 0.1) is 11.3 Å². The predicted molar refractivity (Wildman–Crippen MR) is 103 cm³/mol. The molecule has 0 spiro atoms. The van der Waals surface area contributed by atoms with Gasteiger partial charge >= 0.3 is 0 Å².